The zero-order valence-electron chi connectivity index (χ0n) is 28.9. The Bertz CT molecular complexity index is 2460. The summed E-state index contributed by atoms with van der Waals surface area (Å²) in [6, 6.07) is 58.2. The maximum absolute atomic E-state index is 11.9. The molecular formula is C48H36O4. The molecule has 0 aliphatic heterocycles. The van der Waals surface area contributed by atoms with Crippen molar-refractivity contribution in [2.75, 3.05) is 7.11 Å². The van der Waals surface area contributed by atoms with E-state index < -0.39 is 11.5 Å². The molecule has 0 amide bonds. The molecule has 0 saturated heterocycles. The van der Waals surface area contributed by atoms with Crippen LogP contribution in [-0.4, -0.2) is 12.2 Å². The number of rotatable bonds is 8. The predicted octanol–water partition coefficient (Wildman–Crippen LogP) is 11.7. The SMILES string of the molecule is COc1ccc(C2(c3ccc(Oc4ccc(-c5ccc(C)cc5)cc4C(O)c4cc5ccccc5o4)cc3)c3ccccc3-c3ccccc32)cc1. The molecule has 4 nitrogen and oxygen atoms in total. The Morgan fingerprint density at radius 1 is 0.577 bits per heavy atom. The van der Waals surface area contributed by atoms with E-state index in [1.54, 1.807) is 7.11 Å². The second-order valence-electron chi connectivity index (χ2n) is 13.4. The number of hydrogen-bond donors (Lipinski definition) is 1. The van der Waals surface area contributed by atoms with Gasteiger partial charge in [-0.2, -0.15) is 0 Å². The number of hydrogen-bond acceptors (Lipinski definition) is 4. The fraction of sp³-hybridized carbons (Fsp3) is 0.0833. The van der Waals surface area contributed by atoms with Gasteiger partial charge in [-0.1, -0.05) is 127 Å². The van der Waals surface area contributed by atoms with Crippen molar-refractivity contribution in [1.82, 2.24) is 0 Å². The number of aliphatic hydroxyl groups excluding tert-OH is 1. The van der Waals surface area contributed by atoms with Crippen LogP contribution in [0.3, 0.4) is 0 Å². The van der Waals surface area contributed by atoms with E-state index in [4.69, 9.17) is 13.9 Å². The Balaban J connectivity index is 1.14. The fourth-order valence-electron chi connectivity index (χ4n) is 7.84. The third-order valence-electron chi connectivity index (χ3n) is 10.4. The van der Waals surface area contributed by atoms with E-state index in [9.17, 15) is 5.11 Å². The summed E-state index contributed by atoms with van der Waals surface area (Å²) in [6.07, 6.45) is -1.04. The van der Waals surface area contributed by atoms with Crippen molar-refractivity contribution >= 4 is 11.0 Å². The first kappa shape index (κ1) is 31.6. The van der Waals surface area contributed by atoms with Crippen molar-refractivity contribution in [3.8, 4) is 39.5 Å². The summed E-state index contributed by atoms with van der Waals surface area (Å²) in [4.78, 5) is 0. The molecule has 9 rings (SSSR count). The van der Waals surface area contributed by atoms with Gasteiger partial charge in [0, 0.05) is 10.9 Å². The maximum atomic E-state index is 11.9. The third kappa shape index (κ3) is 5.19. The van der Waals surface area contributed by atoms with Gasteiger partial charge in [-0.3, -0.25) is 0 Å². The molecule has 0 bridgehead atoms. The van der Waals surface area contributed by atoms with Gasteiger partial charge in [0.05, 0.1) is 12.5 Å². The molecule has 7 aromatic carbocycles. The monoisotopic (exact) mass is 676 g/mol. The summed E-state index contributed by atoms with van der Waals surface area (Å²) in [5, 5.41) is 12.8. The summed E-state index contributed by atoms with van der Waals surface area (Å²) < 4.78 is 18.3. The lowest BCUT2D eigenvalue weighted by molar-refractivity contribution is 0.189. The second-order valence-corrected chi connectivity index (χ2v) is 13.4. The normalized spacial score (nSPS) is 13.4. The Labute approximate surface area is 303 Å². The number of para-hydroxylation sites is 1. The summed E-state index contributed by atoms with van der Waals surface area (Å²) in [5.74, 6) is 2.49. The van der Waals surface area contributed by atoms with E-state index in [0.717, 1.165) is 39.0 Å². The van der Waals surface area contributed by atoms with E-state index in [2.05, 4.69) is 104 Å². The van der Waals surface area contributed by atoms with Crippen LogP contribution in [0.4, 0.5) is 0 Å². The van der Waals surface area contributed by atoms with Gasteiger partial charge in [0.25, 0.3) is 0 Å². The van der Waals surface area contributed by atoms with Gasteiger partial charge in [0.15, 0.2) is 0 Å². The highest BCUT2D eigenvalue weighted by Gasteiger charge is 2.45. The van der Waals surface area contributed by atoms with Crippen molar-refractivity contribution in [2.24, 2.45) is 0 Å². The van der Waals surface area contributed by atoms with Gasteiger partial charge in [-0.05, 0) is 100.0 Å². The lowest BCUT2D eigenvalue weighted by Crippen LogP contribution is -2.28. The zero-order valence-corrected chi connectivity index (χ0v) is 28.9. The minimum atomic E-state index is -1.04. The Hall–Kier alpha value is -6.36. The molecule has 4 heteroatoms. The van der Waals surface area contributed by atoms with E-state index in [0.29, 0.717) is 22.8 Å². The molecule has 1 aliphatic rings. The second kappa shape index (κ2) is 12.8. The largest absolute Gasteiger partial charge is 0.497 e. The molecule has 1 unspecified atom stereocenters. The number of aliphatic hydroxyl groups is 1. The van der Waals surface area contributed by atoms with Crippen molar-refractivity contribution in [3.63, 3.8) is 0 Å². The lowest BCUT2D eigenvalue weighted by Gasteiger charge is -2.34. The third-order valence-corrected chi connectivity index (χ3v) is 10.4. The molecule has 0 spiro atoms. The van der Waals surface area contributed by atoms with E-state index in [1.807, 2.05) is 72.8 Å². The molecule has 0 fully saturated rings. The molecular weight excluding hydrogens is 641 g/mol. The molecule has 0 saturated carbocycles. The van der Waals surface area contributed by atoms with Crippen molar-refractivity contribution < 1.29 is 19.0 Å². The number of methoxy groups -OCH3 is 1. The highest BCUT2D eigenvalue weighted by Crippen LogP contribution is 2.56. The minimum absolute atomic E-state index is 0.461. The van der Waals surface area contributed by atoms with Crippen molar-refractivity contribution in [1.29, 1.82) is 0 Å². The summed E-state index contributed by atoms with van der Waals surface area (Å²) in [5.41, 5.74) is 11.2. The lowest BCUT2D eigenvalue weighted by atomic mass is 9.68. The average Bonchev–Trinajstić information content (AvgIpc) is 3.77. The minimum Gasteiger partial charge on any atom is -0.497 e. The molecule has 252 valence electrons. The number of furan rings is 1. The predicted molar refractivity (Wildman–Crippen MR) is 207 cm³/mol. The first-order valence-electron chi connectivity index (χ1n) is 17.5. The molecule has 1 aliphatic carbocycles. The first-order chi connectivity index (χ1) is 25.5. The average molecular weight is 677 g/mol. The first-order valence-corrected chi connectivity index (χ1v) is 17.5. The van der Waals surface area contributed by atoms with E-state index >= 15 is 0 Å². The van der Waals surface area contributed by atoms with Crippen LogP contribution in [0.25, 0.3) is 33.2 Å². The van der Waals surface area contributed by atoms with Crippen molar-refractivity contribution in [3.05, 3.63) is 209 Å². The number of fused-ring (bicyclic) bond motifs is 4. The highest BCUT2D eigenvalue weighted by molar-refractivity contribution is 5.86. The summed E-state index contributed by atoms with van der Waals surface area (Å²) >= 11 is 0. The zero-order chi connectivity index (χ0) is 35.2. The van der Waals surface area contributed by atoms with Crippen LogP contribution in [-0.2, 0) is 5.41 Å². The maximum Gasteiger partial charge on any atom is 0.140 e. The molecule has 1 atom stereocenters. The molecule has 8 aromatic rings. The molecule has 0 radical (unpaired) electrons. The van der Waals surface area contributed by atoms with E-state index in [1.165, 1.54) is 27.8 Å². The van der Waals surface area contributed by atoms with Gasteiger partial charge in [0.1, 0.15) is 34.7 Å². The van der Waals surface area contributed by atoms with Crippen molar-refractivity contribution in [2.45, 2.75) is 18.4 Å². The molecule has 1 N–H and O–H groups in total. The summed E-state index contributed by atoms with van der Waals surface area (Å²) in [6.45, 7) is 2.08. The number of benzene rings is 7. The standard InChI is InChI=1S/C48H36O4/c1-31-15-17-32(18-16-31)33-19-28-45(41(29-33)47(49)46-30-34-9-3-8-14-44(34)52-46)51-38-26-22-36(23-27-38)48(35-20-24-37(50-2)25-21-35)42-12-6-4-10-39(42)40-11-5-7-13-43(40)48/h3-30,47,49H,1-2H3. The van der Waals surface area contributed by atoms with Gasteiger partial charge in [-0.15, -0.1) is 0 Å². The van der Waals surface area contributed by atoms with Crippen LogP contribution in [0.1, 0.15) is 45.2 Å². The topological polar surface area (TPSA) is 51.8 Å². The van der Waals surface area contributed by atoms with Crippen LogP contribution >= 0.6 is 0 Å². The van der Waals surface area contributed by atoms with Crippen LogP contribution in [0.5, 0.6) is 17.2 Å². The quantitative estimate of drug-likeness (QED) is 0.174. The Morgan fingerprint density at radius 2 is 1.15 bits per heavy atom. The Kier molecular flexibility index (Phi) is 7.75. The van der Waals surface area contributed by atoms with Gasteiger partial charge < -0.3 is 19.0 Å². The van der Waals surface area contributed by atoms with Gasteiger partial charge in [-0.25, -0.2) is 0 Å². The molecule has 52 heavy (non-hydrogen) atoms. The fourth-order valence-corrected chi connectivity index (χ4v) is 7.84. The Morgan fingerprint density at radius 3 is 1.79 bits per heavy atom. The van der Waals surface area contributed by atoms with Crippen LogP contribution in [0.2, 0.25) is 0 Å². The van der Waals surface area contributed by atoms with Crippen LogP contribution in [0.15, 0.2) is 174 Å². The van der Waals surface area contributed by atoms with Gasteiger partial charge >= 0.3 is 0 Å². The molecule has 1 heterocycles. The van der Waals surface area contributed by atoms with E-state index in [-0.39, 0.29) is 0 Å². The van der Waals surface area contributed by atoms with Gasteiger partial charge in [0.2, 0.25) is 0 Å². The van der Waals surface area contributed by atoms with Crippen LogP contribution < -0.4 is 9.47 Å². The number of aryl methyl sites for hydroxylation is 1. The highest BCUT2D eigenvalue weighted by atomic mass is 16.5. The smallest absolute Gasteiger partial charge is 0.140 e. The molecule has 1 aromatic heterocycles. The summed E-state index contributed by atoms with van der Waals surface area (Å²) in [7, 11) is 1.70. The van der Waals surface area contributed by atoms with Crippen LogP contribution in [0, 0.1) is 6.92 Å². The number of ether oxygens (including phenoxy) is 2.